The second-order valence-corrected chi connectivity index (χ2v) is 3.70. The second-order valence-electron chi connectivity index (χ2n) is 3.70. The molecule has 1 aromatic carbocycles. The van der Waals surface area contributed by atoms with Crippen molar-refractivity contribution in [3.63, 3.8) is 0 Å². The number of nitrogens with zero attached hydrogens (tertiary/aromatic N) is 3. The van der Waals surface area contributed by atoms with Crippen LogP contribution >= 0.6 is 0 Å². The van der Waals surface area contributed by atoms with Crippen molar-refractivity contribution in [1.29, 1.82) is 0 Å². The summed E-state index contributed by atoms with van der Waals surface area (Å²) < 4.78 is 0. The van der Waals surface area contributed by atoms with Gasteiger partial charge in [0.25, 0.3) is 0 Å². The Morgan fingerprint density at radius 1 is 1.20 bits per heavy atom. The van der Waals surface area contributed by atoms with E-state index < -0.39 is 0 Å². The van der Waals surface area contributed by atoms with E-state index in [2.05, 4.69) is 51.3 Å². The van der Waals surface area contributed by atoms with E-state index in [0.717, 1.165) is 12.5 Å². The van der Waals surface area contributed by atoms with Crippen LogP contribution in [0.1, 0.15) is 0 Å². The lowest BCUT2D eigenvalue weighted by atomic mass is 10.2. The Kier molecular flexibility index (Phi) is 1.68. The number of hydrogen-bond donors (Lipinski definition) is 1. The van der Waals surface area contributed by atoms with E-state index in [1.165, 1.54) is 11.4 Å². The molecule has 0 unspecified atom stereocenters. The van der Waals surface area contributed by atoms with Crippen LogP contribution in [0.2, 0.25) is 0 Å². The highest BCUT2D eigenvalue weighted by Crippen LogP contribution is 2.38. The van der Waals surface area contributed by atoms with Gasteiger partial charge in [-0.05, 0) is 12.1 Å². The Balaban J connectivity index is 2.09. The van der Waals surface area contributed by atoms with E-state index in [4.69, 9.17) is 0 Å². The number of aromatic amines is 1. The molecule has 15 heavy (non-hydrogen) atoms. The van der Waals surface area contributed by atoms with Crippen molar-refractivity contribution in [3.05, 3.63) is 36.5 Å². The third-order valence-electron chi connectivity index (χ3n) is 2.71. The zero-order chi connectivity index (χ0) is 10.3. The maximum atomic E-state index is 3.98. The van der Waals surface area contributed by atoms with Crippen LogP contribution in [0.25, 0.3) is 0 Å². The summed E-state index contributed by atoms with van der Waals surface area (Å²) in [4.78, 5) is 4.43. The van der Waals surface area contributed by atoms with Crippen molar-refractivity contribution in [2.45, 2.75) is 0 Å². The molecule has 0 bridgehead atoms. The van der Waals surface area contributed by atoms with Gasteiger partial charge in [0.15, 0.2) is 0 Å². The number of hydrogen-bond acceptors (Lipinski definition) is 3. The van der Waals surface area contributed by atoms with Gasteiger partial charge in [-0.25, -0.2) is 0 Å². The number of rotatable bonds is 1. The summed E-state index contributed by atoms with van der Waals surface area (Å²) >= 11 is 0. The summed E-state index contributed by atoms with van der Waals surface area (Å²) in [6, 6.07) is 10.4. The lowest BCUT2D eigenvalue weighted by molar-refractivity contribution is 0.923. The van der Waals surface area contributed by atoms with Gasteiger partial charge in [0.2, 0.25) is 0 Å². The van der Waals surface area contributed by atoms with Crippen molar-refractivity contribution < 1.29 is 0 Å². The van der Waals surface area contributed by atoms with Crippen molar-refractivity contribution in [1.82, 2.24) is 10.2 Å². The molecule has 4 heteroatoms. The van der Waals surface area contributed by atoms with Crippen molar-refractivity contribution in [2.75, 3.05) is 23.5 Å². The molecule has 0 spiro atoms. The standard InChI is InChI=1S/C11H12N4/c1-14-8-15(11-6-7-12-13-11)10-5-3-2-4-9(10)14/h2-7H,8H2,1H3,(H,12,13). The zero-order valence-corrected chi connectivity index (χ0v) is 8.51. The normalized spacial score (nSPS) is 14.5. The van der Waals surface area contributed by atoms with E-state index in [1.807, 2.05) is 6.07 Å². The Hall–Kier alpha value is -1.97. The SMILES string of the molecule is CN1CN(c2ccn[nH]2)c2ccccc21. The molecule has 2 aromatic rings. The third-order valence-corrected chi connectivity index (χ3v) is 2.71. The molecule has 0 saturated heterocycles. The number of anilines is 3. The third kappa shape index (κ3) is 1.18. The van der Waals surface area contributed by atoms with Gasteiger partial charge in [-0.1, -0.05) is 12.1 Å². The highest BCUT2D eigenvalue weighted by Gasteiger charge is 2.24. The number of aromatic nitrogens is 2. The molecule has 0 radical (unpaired) electrons. The lowest BCUT2D eigenvalue weighted by Crippen LogP contribution is -2.24. The number of benzene rings is 1. The smallest absolute Gasteiger partial charge is 0.130 e. The van der Waals surface area contributed by atoms with E-state index >= 15 is 0 Å². The van der Waals surface area contributed by atoms with Crippen LogP contribution < -0.4 is 9.80 Å². The molecule has 0 aliphatic carbocycles. The van der Waals surface area contributed by atoms with Crippen molar-refractivity contribution >= 4 is 17.2 Å². The molecule has 0 atom stereocenters. The fraction of sp³-hybridized carbons (Fsp3) is 0.182. The number of fused-ring (bicyclic) bond motifs is 1. The van der Waals surface area contributed by atoms with Gasteiger partial charge >= 0.3 is 0 Å². The molecule has 76 valence electrons. The maximum Gasteiger partial charge on any atom is 0.130 e. The van der Waals surface area contributed by atoms with E-state index in [9.17, 15) is 0 Å². The topological polar surface area (TPSA) is 35.2 Å². The Bertz CT molecular complexity index is 463. The first kappa shape index (κ1) is 8.35. The van der Waals surface area contributed by atoms with Gasteiger partial charge in [-0.2, -0.15) is 5.10 Å². The summed E-state index contributed by atoms with van der Waals surface area (Å²) in [5.41, 5.74) is 2.48. The molecule has 0 amide bonds. The number of H-pyrrole nitrogens is 1. The molecule has 0 saturated carbocycles. The summed E-state index contributed by atoms with van der Waals surface area (Å²) in [5, 5.41) is 6.97. The van der Waals surface area contributed by atoms with Crippen LogP contribution in [0.15, 0.2) is 36.5 Å². The Labute approximate surface area is 88.1 Å². The van der Waals surface area contributed by atoms with Crippen LogP contribution in [0, 0.1) is 0 Å². The van der Waals surface area contributed by atoms with Crippen LogP contribution in [-0.2, 0) is 0 Å². The molecular formula is C11H12N4. The molecule has 4 nitrogen and oxygen atoms in total. The highest BCUT2D eigenvalue weighted by atomic mass is 15.4. The minimum Gasteiger partial charge on any atom is -0.355 e. The molecule has 1 aliphatic heterocycles. The van der Waals surface area contributed by atoms with Gasteiger partial charge in [-0.3, -0.25) is 5.10 Å². The first-order valence-corrected chi connectivity index (χ1v) is 4.93. The largest absolute Gasteiger partial charge is 0.355 e. The summed E-state index contributed by atoms with van der Waals surface area (Å²) in [6.07, 6.45) is 1.77. The average molecular weight is 200 g/mol. The number of para-hydroxylation sites is 2. The second kappa shape index (κ2) is 3.02. The predicted octanol–water partition coefficient (Wildman–Crippen LogP) is 1.96. The molecule has 1 N–H and O–H groups in total. The molecule has 0 fully saturated rings. The minimum absolute atomic E-state index is 0.863. The first-order chi connectivity index (χ1) is 7.36. The van der Waals surface area contributed by atoms with Gasteiger partial charge < -0.3 is 9.80 Å². The number of nitrogens with one attached hydrogen (secondary N) is 1. The van der Waals surface area contributed by atoms with E-state index in [1.54, 1.807) is 6.20 Å². The lowest BCUT2D eigenvalue weighted by Gasteiger charge is -2.16. The Morgan fingerprint density at radius 3 is 2.73 bits per heavy atom. The summed E-state index contributed by atoms with van der Waals surface area (Å²) in [5.74, 6) is 1.03. The molecule has 1 aliphatic rings. The quantitative estimate of drug-likeness (QED) is 0.764. The highest BCUT2D eigenvalue weighted by molar-refractivity contribution is 5.80. The molecule has 2 heterocycles. The predicted molar refractivity (Wildman–Crippen MR) is 60.4 cm³/mol. The van der Waals surface area contributed by atoms with Crippen LogP contribution in [-0.4, -0.2) is 23.9 Å². The minimum atomic E-state index is 0.863. The Morgan fingerprint density at radius 2 is 2.00 bits per heavy atom. The van der Waals surface area contributed by atoms with Gasteiger partial charge in [0, 0.05) is 13.1 Å². The van der Waals surface area contributed by atoms with E-state index in [0.29, 0.717) is 0 Å². The van der Waals surface area contributed by atoms with Crippen LogP contribution in [0.5, 0.6) is 0 Å². The van der Waals surface area contributed by atoms with Crippen LogP contribution in [0.3, 0.4) is 0 Å². The first-order valence-electron chi connectivity index (χ1n) is 4.93. The average Bonchev–Trinajstić information content (AvgIpc) is 2.87. The van der Waals surface area contributed by atoms with E-state index in [-0.39, 0.29) is 0 Å². The van der Waals surface area contributed by atoms with Crippen LogP contribution in [0.4, 0.5) is 17.2 Å². The fourth-order valence-electron chi connectivity index (χ4n) is 1.98. The van der Waals surface area contributed by atoms with Gasteiger partial charge in [0.1, 0.15) is 5.82 Å². The van der Waals surface area contributed by atoms with Crippen molar-refractivity contribution in [3.8, 4) is 0 Å². The molecule has 3 rings (SSSR count). The monoisotopic (exact) mass is 200 g/mol. The molecular weight excluding hydrogens is 188 g/mol. The van der Waals surface area contributed by atoms with Gasteiger partial charge in [-0.15, -0.1) is 0 Å². The fourth-order valence-corrected chi connectivity index (χ4v) is 1.98. The maximum absolute atomic E-state index is 3.98. The van der Waals surface area contributed by atoms with Crippen molar-refractivity contribution in [2.24, 2.45) is 0 Å². The summed E-state index contributed by atoms with van der Waals surface area (Å²) in [6.45, 7) is 0.863. The summed E-state index contributed by atoms with van der Waals surface area (Å²) in [7, 11) is 2.09. The van der Waals surface area contributed by atoms with Gasteiger partial charge in [0.05, 0.1) is 24.2 Å². The molecule has 1 aromatic heterocycles. The zero-order valence-electron chi connectivity index (χ0n) is 8.51.